The molecule has 138 valence electrons. The molecular weight excluding hydrogens is 391 g/mol. The van der Waals surface area contributed by atoms with Crippen molar-refractivity contribution < 1.29 is 27.8 Å². The van der Waals surface area contributed by atoms with E-state index in [9.17, 15) is 13.6 Å². The number of halogens is 4. The molecule has 1 aliphatic rings. The smallest absolute Gasteiger partial charge is 0.387 e. The minimum Gasteiger partial charge on any atom is -0.486 e. The highest BCUT2D eigenvalue weighted by atomic mass is 35.5. The number of amides is 1. The summed E-state index contributed by atoms with van der Waals surface area (Å²) in [5.41, 5.74) is 0.991. The molecule has 0 atom stereocenters. The predicted octanol–water partition coefficient (Wildman–Crippen LogP) is 4.55. The Kier molecular flexibility index (Phi) is 5.68. The van der Waals surface area contributed by atoms with Crippen LogP contribution < -0.4 is 19.5 Å². The number of carbonyl (C=O) groups is 1. The Morgan fingerprint density at radius 2 is 1.92 bits per heavy atom. The zero-order valence-electron chi connectivity index (χ0n) is 13.2. The third kappa shape index (κ3) is 4.47. The van der Waals surface area contributed by atoms with Gasteiger partial charge in [0.05, 0.1) is 16.5 Å². The molecule has 0 bridgehead atoms. The van der Waals surface area contributed by atoms with Crippen molar-refractivity contribution in [2.75, 3.05) is 18.5 Å². The molecule has 0 aliphatic carbocycles. The molecular formula is C17H13Cl2F2NO4. The van der Waals surface area contributed by atoms with Gasteiger partial charge in [-0.1, -0.05) is 23.2 Å². The van der Waals surface area contributed by atoms with Crippen LogP contribution in [0.3, 0.4) is 0 Å². The summed E-state index contributed by atoms with van der Waals surface area (Å²) < 4.78 is 39.6. The zero-order chi connectivity index (χ0) is 18.7. The molecule has 9 heteroatoms. The van der Waals surface area contributed by atoms with Gasteiger partial charge in [0.2, 0.25) is 5.91 Å². The van der Waals surface area contributed by atoms with Crippen LogP contribution in [-0.2, 0) is 11.2 Å². The highest BCUT2D eigenvalue weighted by Gasteiger charge is 2.18. The molecule has 5 nitrogen and oxygen atoms in total. The van der Waals surface area contributed by atoms with Gasteiger partial charge in [0.25, 0.3) is 0 Å². The quantitative estimate of drug-likeness (QED) is 0.795. The third-order valence-electron chi connectivity index (χ3n) is 3.45. The largest absolute Gasteiger partial charge is 0.486 e. The lowest BCUT2D eigenvalue weighted by molar-refractivity contribution is -0.115. The Labute approximate surface area is 157 Å². The first kappa shape index (κ1) is 18.5. The van der Waals surface area contributed by atoms with Crippen molar-refractivity contribution in [3.05, 3.63) is 45.9 Å². The molecule has 3 rings (SSSR count). The lowest BCUT2D eigenvalue weighted by Gasteiger charge is -2.20. The first-order valence-corrected chi connectivity index (χ1v) is 8.30. The number of nitrogens with one attached hydrogen (secondary N) is 1. The zero-order valence-corrected chi connectivity index (χ0v) is 14.7. The van der Waals surface area contributed by atoms with E-state index in [0.29, 0.717) is 41.0 Å². The molecule has 2 aromatic rings. The molecule has 1 N–H and O–H groups in total. The van der Waals surface area contributed by atoms with Gasteiger partial charge in [-0.25, -0.2) is 0 Å². The van der Waals surface area contributed by atoms with E-state index in [1.54, 1.807) is 12.1 Å². The summed E-state index contributed by atoms with van der Waals surface area (Å²) in [6.45, 7) is -2.16. The van der Waals surface area contributed by atoms with Gasteiger partial charge in [0.1, 0.15) is 19.0 Å². The van der Waals surface area contributed by atoms with Crippen molar-refractivity contribution in [3.63, 3.8) is 0 Å². The number of carbonyl (C=O) groups excluding carboxylic acids is 1. The van der Waals surface area contributed by atoms with Gasteiger partial charge in [-0.15, -0.1) is 0 Å². The van der Waals surface area contributed by atoms with Gasteiger partial charge in [0, 0.05) is 5.69 Å². The van der Waals surface area contributed by atoms with Crippen molar-refractivity contribution in [2.45, 2.75) is 13.0 Å². The van der Waals surface area contributed by atoms with E-state index in [1.807, 2.05) is 0 Å². The molecule has 0 fully saturated rings. The average molecular weight is 404 g/mol. The number of rotatable bonds is 5. The first-order chi connectivity index (χ1) is 12.4. The fraction of sp³-hybridized carbons (Fsp3) is 0.235. The third-order valence-corrected chi connectivity index (χ3v) is 4.03. The molecule has 0 saturated heterocycles. The molecule has 1 aliphatic heterocycles. The number of benzene rings is 2. The van der Waals surface area contributed by atoms with E-state index < -0.39 is 6.61 Å². The van der Waals surface area contributed by atoms with E-state index in [4.69, 9.17) is 32.7 Å². The molecule has 1 heterocycles. The van der Waals surface area contributed by atoms with E-state index in [1.165, 1.54) is 18.2 Å². The van der Waals surface area contributed by atoms with Gasteiger partial charge >= 0.3 is 6.61 Å². The summed E-state index contributed by atoms with van der Waals surface area (Å²) >= 11 is 12.0. The summed E-state index contributed by atoms with van der Waals surface area (Å²) in [4.78, 5) is 12.2. The number of alkyl halides is 2. The molecule has 0 radical (unpaired) electrons. The highest BCUT2D eigenvalue weighted by Crippen LogP contribution is 2.38. The maximum atomic E-state index is 12.2. The lowest BCUT2D eigenvalue weighted by atomic mass is 10.1. The Hall–Kier alpha value is -2.25. The normalized spacial score (nSPS) is 12.8. The number of fused-ring (bicyclic) bond motifs is 1. The van der Waals surface area contributed by atoms with Crippen molar-refractivity contribution in [2.24, 2.45) is 0 Å². The second-order valence-corrected chi connectivity index (χ2v) is 6.16. The number of hydrogen-bond donors (Lipinski definition) is 1. The van der Waals surface area contributed by atoms with E-state index >= 15 is 0 Å². The Morgan fingerprint density at radius 3 is 2.65 bits per heavy atom. The average Bonchev–Trinajstić information content (AvgIpc) is 2.57. The summed E-state index contributed by atoms with van der Waals surface area (Å²) in [5, 5.41) is 2.96. The van der Waals surface area contributed by atoms with Gasteiger partial charge in [-0.05, 0) is 35.9 Å². The standard InChI is InChI=1S/C17H13Cl2F2NO4/c18-11-8-10(1-2-13(11)26-17(20)21)22-15(23)7-9-5-12(19)16-14(6-9)24-3-4-25-16/h1-2,5-6,8,17H,3-4,7H2,(H,22,23). The van der Waals surface area contributed by atoms with E-state index in [2.05, 4.69) is 10.1 Å². The molecule has 0 spiro atoms. The van der Waals surface area contributed by atoms with Crippen LogP contribution in [0.15, 0.2) is 30.3 Å². The monoisotopic (exact) mass is 403 g/mol. The van der Waals surface area contributed by atoms with Crippen molar-refractivity contribution in [1.82, 2.24) is 0 Å². The minimum absolute atomic E-state index is 0.0310. The van der Waals surface area contributed by atoms with Gasteiger partial charge in [-0.2, -0.15) is 8.78 Å². The fourth-order valence-electron chi connectivity index (χ4n) is 2.43. The summed E-state index contributed by atoms with van der Waals surface area (Å²) in [7, 11) is 0. The lowest BCUT2D eigenvalue weighted by Crippen LogP contribution is -2.17. The molecule has 26 heavy (non-hydrogen) atoms. The van der Waals surface area contributed by atoms with Crippen LogP contribution in [0, 0.1) is 0 Å². The molecule has 0 aromatic heterocycles. The van der Waals surface area contributed by atoms with Crippen LogP contribution in [0.5, 0.6) is 17.2 Å². The van der Waals surface area contributed by atoms with Gasteiger partial charge < -0.3 is 19.5 Å². The van der Waals surface area contributed by atoms with Crippen molar-refractivity contribution in [1.29, 1.82) is 0 Å². The second kappa shape index (κ2) is 7.97. The Morgan fingerprint density at radius 1 is 1.15 bits per heavy atom. The second-order valence-electron chi connectivity index (χ2n) is 5.35. The number of ether oxygens (including phenoxy) is 3. The summed E-state index contributed by atoms with van der Waals surface area (Å²) in [6.07, 6.45) is 0.0310. The Bertz CT molecular complexity index is 833. The van der Waals surface area contributed by atoms with Crippen LogP contribution in [0.25, 0.3) is 0 Å². The topological polar surface area (TPSA) is 56.8 Å². The summed E-state index contributed by atoms with van der Waals surface area (Å²) in [5.74, 6) is 0.446. The van der Waals surface area contributed by atoms with E-state index in [-0.39, 0.29) is 23.1 Å². The van der Waals surface area contributed by atoms with E-state index in [0.717, 1.165) is 0 Å². The molecule has 0 unspecified atom stereocenters. The summed E-state index contributed by atoms with van der Waals surface area (Å²) in [6, 6.07) is 7.31. The SMILES string of the molecule is O=C(Cc1cc(Cl)c2c(c1)OCCO2)Nc1ccc(OC(F)F)c(Cl)c1. The molecule has 1 amide bonds. The van der Waals surface area contributed by atoms with Crippen molar-refractivity contribution in [3.8, 4) is 17.2 Å². The Balaban J connectivity index is 1.67. The van der Waals surface area contributed by atoms with Crippen LogP contribution in [0.2, 0.25) is 10.0 Å². The number of hydrogen-bond acceptors (Lipinski definition) is 4. The first-order valence-electron chi connectivity index (χ1n) is 7.54. The van der Waals surface area contributed by atoms with Crippen LogP contribution >= 0.6 is 23.2 Å². The predicted molar refractivity (Wildman–Crippen MR) is 92.9 cm³/mol. The molecule has 0 saturated carbocycles. The van der Waals surface area contributed by atoms with Gasteiger partial charge in [-0.3, -0.25) is 4.79 Å². The van der Waals surface area contributed by atoms with Gasteiger partial charge in [0.15, 0.2) is 11.5 Å². The maximum absolute atomic E-state index is 12.2. The number of anilines is 1. The van der Waals surface area contributed by atoms with Crippen LogP contribution in [0.4, 0.5) is 14.5 Å². The maximum Gasteiger partial charge on any atom is 0.387 e. The van der Waals surface area contributed by atoms with Crippen LogP contribution in [0.1, 0.15) is 5.56 Å². The van der Waals surface area contributed by atoms with Crippen molar-refractivity contribution >= 4 is 34.8 Å². The highest BCUT2D eigenvalue weighted by molar-refractivity contribution is 6.32. The van der Waals surface area contributed by atoms with Crippen LogP contribution in [-0.4, -0.2) is 25.7 Å². The fourth-order valence-corrected chi connectivity index (χ4v) is 2.94. The minimum atomic E-state index is -2.98. The molecule has 2 aromatic carbocycles.